The number of fused-ring (bicyclic) bond motifs is 1. The number of nitrogens with one attached hydrogen (secondary N) is 2. The third kappa shape index (κ3) is 17.0. The number of anilines is 1. The van der Waals surface area contributed by atoms with E-state index in [0.717, 1.165) is 29.0 Å². The van der Waals surface area contributed by atoms with E-state index in [0.29, 0.717) is 5.75 Å². The number of amides is 2. The second kappa shape index (κ2) is 23.4. The number of imidazole rings is 1. The molecule has 2 aromatic heterocycles. The summed E-state index contributed by atoms with van der Waals surface area (Å²) in [7, 11) is -16.4. The summed E-state index contributed by atoms with van der Waals surface area (Å²) in [5, 5.41) is 26.1. The van der Waals surface area contributed by atoms with Crippen LogP contribution in [-0.2, 0) is 50.7 Å². The van der Waals surface area contributed by atoms with Crippen LogP contribution in [0.2, 0.25) is 0 Å². The van der Waals surface area contributed by atoms with Gasteiger partial charge in [0.15, 0.2) is 22.8 Å². The zero-order chi connectivity index (χ0) is 38.4. The first-order valence-electron chi connectivity index (χ1n) is 14.5. The second-order valence-electron chi connectivity index (χ2n) is 11.4. The van der Waals surface area contributed by atoms with Gasteiger partial charge in [0.25, 0.3) is 0 Å². The molecule has 0 aromatic carbocycles. The molecule has 3 heterocycles. The molecule has 7 atom stereocenters. The summed E-state index contributed by atoms with van der Waals surface area (Å²) in [6.45, 7) is 1.90. The van der Waals surface area contributed by atoms with Crippen molar-refractivity contribution in [1.82, 2.24) is 30.2 Å². The monoisotopic (exact) mass is 878 g/mol. The molecule has 0 bridgehead atoms. The van der Waals surface area contributed by atoms with Crippen LogP contribution in [0.3, 0.4) is 0 Å². The van der Waals surface area contributed by atoms with E-state index >= 15 is 0 Å². The predicted octanol–water partition coefficient (Wildman–Crippen LogP) is -10.3. The molecule has 31 heteroatoms. The van der Waals surface area contributed by atoms with Gasteiger partial charge in [-0.1, -0.05) is 25.6 Å². The van der Waals surface area contributed by atoms with E-state index in [9.17, 15) is 57.9 Å². The van der Waals surface area contributed by atoms with Crippen LogP contribution < -0.4 is 105 Å². The number of rotatable bonds is 19. The van der Waals surface area contributed by atoms with Crippen molar-refractivity contribution in [3.05, 3.63) is 12.7 Å². The Morgan fingerprint density at radius 1 is 1.04 bits per heavy atom. The number of hydrogen-bond acceptors (Lipinski definition) is 18. The number of hydrogen-bond donors (Lipinski definition) is 9. The molecule has 24 nitrogen and oxygen atoms in total. The molecule has 54 heavy (non-hydrogen) atoms. The number of nitrogens with two attached hydrogens (primary N) is 1. The summed E-state index contributed by atoms with van der Waals surface area (Å²) in [5.41, 5.74) is 4.26. The smallest absolute Gasteiger partial charge is 0.386 e. The molecule has 2 aromatic rings. The molecule has 288 valence electrons. The molecule has 1 aliphatic rings. The summed E-state index contributed by atoms with van der Waals surface area (Å²) >= 11 is 1.03. The van der Waals surface area contributed by atoms with E-state index in [1.807, 2.05) is 0 Å². The molecule has 0 spiro atoms. The van der Waals surface area contributed by atoms with Crippen LogP contribution in [0.5, 0.6) is 0 Å². The summed E-state index contributed by atoms with van der Waals surface area (Å²) in [6, 6.07) is 0. The average molecular weight is 879 g/mol. The third-order valence-corrected chi connectivity index (χ3v) is 10.7. The molecule has 0 radical (unpaired) electrons. The molecular formula is C23H38N7Na3O17P3S+3. The minimum absolute atomic E-state index is 0. The molecular weight excluding hydrogens is 840 g/mol. The normalized spacial score (nSPS) is 21.4. The molecule has 1 aliphatic heterocycles. The van der Waals surface area contributed by atoms with E-state index in [-0.39, 0.29) is 130 Å². The van der Waals surface area contributed by atoms with Crippen LogP contribution in [0.25, 0.3) is 11.2 Å². The Kier molecular flexibility index (Phi) is 23.6. The van der Waals surface area contributed by atoms with Gasteiger partial charge in [0, 0.05) is 37.6 Å². The summed E-state index contributed by atoms with van der Waals surface area (Å²) in [6.07, 6.45) is -6.88. The van der Waals surface area contributed by atoms with Gasteiger partial charge in [0.2, 0.25) is 11.8 Å². The van der Waals surface area contributed by atoms with Gasteiger partial charge in [0.1, 0.15) is 36.3 Å². The van der Waals surface area contributed by atoms with Crippen molar-refractivity contribution in [3.63, 3.8) is 0 Å². The maximum Gasteiger partial charge on any atom is 1.00 e. The third-order valence-electron chi connectivity index (χ3n) is 6.81. The van der Waals surface area contributed by atoms with Crippen LogP contribution in [0.4, 0.5) is 5.82 Å². The quantitative estimate of drug-likeness (QED) is 0.0359. The number of nitrogen functional groups attached to an aromatic ring is 1. The van der Waals surface area contributed by atoms with Crippen molar-refractivity contribution >= 4 is 69.1 Å². The first-order chi connectivity index (χ1) is 23.5. The molecule has 0 aliphatic carbocycles. The SMILES string of the molecule is CC(=O)SCCNC(=O)CCNC(=O)[C@H](O)C(C)(C)COP(=O)(O)OP(=O)(O)OC[C@H]1O[C@@H](n2cnc3c(N)ncnc32)[C@H](O)[C@@H]1OP(=O)(O)O.[Na+].[Na+].[Na+]. The fourth-order valence-corrected chi connectivity index (χ4v) is 7.65. The minimum Gasteiger partial charge on any atom is -0.386 e. The van der Waals surface area contributed by atoms with Crippen molar-refractivity contribution in [2.24, 2.45) is 5.41 Å². The second-order valence-corrected chi connectivity index (χ2v) is 16.9. The van der Waals surface area contributed by atoms with Gasteiger partial charge < -0.3 is 50.9 Å². The Hall–Kier alpha value is 0.560. The predicted molar refractivity (Wildman–Crippen MR) is 173 cm³/mol. The number of phosphoric ester groups is 3. The Bertz CT molecular complexity index is 1730. The van der Waals surface area contributed by atoms with Gasteiger partial charge >= 0.3 is 112 Å². The number of carbonyl (C=O) groups is 3. The van der Waals surface area contributed by atoms with Gasteiger partial charge in [-0.2, -0.15) is 4.31 Å². The number of aliphatic hydroxyl groups excluding tert-OH is 2. The summed E-state index contributed by atoms with van der Waals surface area (Å²) in [5.74, 6) is -1.08. The molecule has 1 fully saturated rings. The Balaban J connectivity index is 0.00000936. The number of aromatic nitrogens is 4. The Labute approximate surface area is 378 Å². The van der Waals surface area contributed by atoms with Crippen LogP contribution in [0.15, 0.2) is 12.7 Å². The van der Waals surface area contributed by atoms with Crippen LogP contribution in [0, 0.1) is 5.41 Å². The van der Waals surface area contributed by atoms with Crippen LogP contribution in [0.1, 0.15) is 33.4 Å². The molecule has 1 saturated heterocycles. The molecule has 0 saturated carbocycles. The van der Waals surface area contributed by atoms with Crippen molar-refractivity contribution in [1.29, 1.82) is 0 Å². The fraction of sp³-hybridized carbons (Fsp3) is 0.652. The molecule has 3 rings (SSSR count). The standard InChI is InChI=1S/C23H38N7O17P3S.3Na/c1-12(31)51-7-6-25-14(32)4-5-26-21(35)18(34)23(2,3)9-44-50(41,42)47-49(39,40)43-8-13-17(46-48(36,37)38)16(33)22(45-13)30-11-29-15-19(24)27-10-28-20(15)30;;;/h10-11,13,16-18,22,33-34H,4-9H2,1-3H3,(H,25,32)(H,26,35)(H,39,40)(H,41,42)(H2,24,27,28)(H2,36,37,38);;;/q;3*+1/t13-,16-,17-,18+,22-;;;/m1.../s1. The van der Waals surface area contributed by atoms with E-state index in [2.05, 4.69) is 34.4 Å². The van der Waals surface area contributed by atoms with Crippen molar-refractivity contribution < 1.29 is 169 Å². The van der Waals surface area contributed by atoms with Crippen LogP contribution >= 0.6 is 35.2 Å². The van der Waals surface area contributed by atoms with Crippen molar-refractivity contribution in [3.8, 4) is 0 Å². The first kappa shape index (κ1) is 54.6. The average Bonchev–Trinajstić information content (AvgIpc) is 3.57. The number of thioether (sulfide) groups is 1. The zero-order valence-electron chi connectivity index (χ0n) is 30.1. The molecule has 2 unspecified atom stereocenters. The number of phosphoric acid groups is 3. The van der Waals surface area contributed by atoms with E-state index < -0.39 is 84.6 Å². The first-order valence-corrected chi connectivity index (χ1v) is 20.0. The van der Waals surface area contributed by atoms with Crippen molar-refractivity contribution in [2.45, 2.75) is 57.8 Å². The maximum atomic E-state index is 12.6. The van der Waals surface area contributed by atoms with Gasteiger partial charge in [0.05, 0.1) is 19.5 Å². The van der Waals surface area contributed by atoms with Crippen molar-refractivity contribution in [2.75, 3.05) is 37.8 Å². The maximum absolute atomic E-state index is 12.6. The summed E-state index contributed by atoms with van der Waals surface area (Å²) < 4.78 is 61.8. The number of aliphatic hydroxyl groups is 2. The number of ether oxygens (including phenoxy) is 1. The largest absolute Gasteiger partial charge is 1.00 e. The Morgan fingerprint density at radius 2 is 1.67 bits per heavy atom. The fourth-order valence-electron chi connectivity index (χ4n) is 4.32. The van der Waals surface area contributed by atoms with E-state index in [1.165, 1.54) is 20.8 Å². The topological polar surface area (TPSA) is 364 Å². The van der Waals surface area contributed by atoms with Crippen LogP contribution in [-0.4, -0.2) is 123 Å². The van der Waals surface area contributed by atoms with E-state index in [4.69, 9.17) is 19.5 Å². The zero-order valence-corrected chi connectivity index (χ0v) is 39.6. The van der Waals surface area contributed by atoms with Gasteiger partial charge in [-0.05, 0) is 0 Å². The Morgan fingerprint density at radius 3 is 2.28 bits per heavy atom. The number of carbonyl (C=O) groups excluding carboxylic acids is 3. The van der Waals surface area contributed by atoms with Gasteiger partial charge in [-0.25, -0.2) is 28.6 Å². The van der Waals surface area contributed by atoms with E-state index in [1.54, 1.807) is 0 Å². The van der Waals surface area contributed by atoms with Gasteiger partial charge in [-0.15, -0.1) is 0 Å². The minimum atomic E-state index is -5.56. The number of nitrogens with zero attached hydrogens (tertiary/aromatic N) is 4. The van der Waals surface area contributed by atoms with Gasteiger partial charge in [-0.3, -0.25) is 32.5 Å². The molecule has 10 N–H and O–H groups in total. The molecule has 2 amide bonds. The summed E-state index contributed by atoms with van der Waals surface area (Å²) in [4.78, 5) is 85.9.